The molecule has 0 fully saturated rings. The molecule has 1 atom stereocenters. The predicted molar refractivity (Wildman–Crippen MR) is 80.2 cm³/mol. The highest BCUT2D eigenvalue weighted by Crippen LogP contribution is 2.11. The van der Waals surface area contributed by atoms with Crippen LogP contribution in [-0.4, -0.2) is 39.0 Å². The van der Waals surface area contributed by atoms with E-state index in [0.717, 1.165) is 5.69 Å². The van der Waals surface area contributed by atoms with Gasteiger partial charge >= 0.3 is 0 Å². The van der Waals surface area contributed by atoms with E-state index in [1.807, 2.05) is 39.1 Å². The van der Waals surface area contributed by atoms with Gasteiger partial charge in [-0.3, -0.25) is 4.79 Å². The van der Waals surface area contributed by atoms with Gasteiger partial charge in [0, 0.05) is 13.2 Å². The Morgan fingerprint density at radius 1 is 1.24 bits per heavy atom. The van der Waals surface area contributed by atoms with Crippen LogP contribution in [0.25, 0.3) is 5.82 Å². The Morgan fingerprint density at radius 3 is 2.48 bits per heavy atom. The molecule has 0 spiro atoms. The van der Waals surface area contributed by atoms with Crippen molar-refractivity contribution in [2.75, 3.05) is 12.4 Å². The van der Waals surface area contributed by atoms with E-state index >= 15 is 0 Å². The number of likely N-dealkylation sites (N-methyl/N-ethyl adjacent to an activating group) is 1. The van der Waals surface area contributed by atoms with Gasteiger partial charge in [0.25, 0.3) is 0 Å². The Balaban J connectivity index is 2.13. The standard InChI is InChI=1S/C14H20N6O/c1-9(2)13(14(21)15-4)16-11-5-6-12(18-17-11)20-8-7-10(3)19-20/h5-9,13H,1-4H3,(H,15,21)(H,16,17). The topological polar surface area (TPSA) is 84.7 Å². The van der Waals surface area contributed by atoms with Crippen molar-refractivity contribution < 1.29 is 4.79 Å². The first-order valence-electron chi connectivity index (χ1n) is 6.85. The zero-order valence-corrected chi connectivity index (χ0v) is 12.7. The molecular formula is C14H20N6O. The molecule has 0 aromatic carbocycles. The zero-order chi connectivity index (χ0) is 15.4. The molecule has 7 nitrogen and oxygen atoms in total. The van der Waals surface area contributed by atoms with E-state index in [2.05, 4.69) is 25.9 Å². The second kappa shape index (κ2) is 6.34. The molecule has 0 saturated heterocycles. The number of hydrogen-bond acceptors (Lipinski definition) is 5. The molecular weight excluding hydrogens is 268 g/mol. The fourth-order valence-electron chi connectivity index (χ4n) is 1.92. The lowest BCUT2D eigenvalue weighted by Gasteiger charge is -2.20. The molecule has 2 heterocycles. The van der Waals surface area contributed by atoms with Gasteiger partial charge in [-0.1, -0.05) is 13.8 Å². The van der Waals surface area contributed by atoms with E-state index in [9.17, 15) is 4.79 Å². The molecule has 0 saturated carbocycles. The van der Waals surface area contributed by atoms with Gasteiger partial charge in [-0.15, -0.1) is 10.2 Å². The van der Waals surface area contributed by atoms with E-state index in [4.69, 9.17) is 0 Å². The maximum absolute atomic E-state index is 11.8. The normalized spacial score (nSPS) is 12.2. The van der Waals surface area contributed by atoms with Gasteiger partial charge < -0.3 is 10.6 Å². The van der Waals surface area contributed by atoms with Gasteiger partial charge in [-0.25, -0.2) is 4.68 Å². The lowest BCUT2D eigenvalue weighted by Crippen LogP contribution is -2.41. The Hall–Kier alpha value is -2.44. The summed E-state index contributed by atoms with van der Waals surface area (Å²) >= 11 is 0. The highest BCUT2D eigenvalue weighted by Gasteiger charge is 2.21. The van der Waals surface area contributed by atoms with E-state index in [-0.39, 0.29) is 17.9 Å². The molecule has 0 radical (unpaired) electrons. The first-order chi connectivity index (χ1) is 10.0. The van der Waals surface area contributed by atoms with Crippen molar-refractivity contribution >= 4 is 11.7 Å². The Morgan fingerprint density at radius 2 is 2.00 bits per heavy atom. The SMILES string of the molecule is CNC(=O)C(Nc1ccc(-n2ccc(C)n2)nn1)C(C)C. The minimum absolute atomic E-state index is 0.0708. The van der Waals surface area contributed by atoms with Crippen LogP contribution < -0.4 is 10.6 Å². The third kappa shape index (κ3) is 3.56. The van der Waals surface area contributed by atoms with Crippen LogP contribution in [0.1, 0.15) is 19.5 Å². The molecule has 2 aromatic heterocycles. The number of nitrogens with one attached hydrogen (secondary N) is 2. The van der Waals surface area contributed by atoms with Crippen molar-refractivity contribution in [3.05, 3.63) is 30.1 Å². The van der Waals surface area contributed by atoms with Gasteiger partial charge in [-0.2, -0.15) is 5.10 Å². The number of aryl methyl sites for hydroxylation is 1. The molecule has 0 bridgehead atoms. The molecule has 1 amide bonds. The summed E-state index contributed by atoms with van der Waals surface area (Å²) in [5.74, 6) is 1.26. The highest BCUT2D eigenvalue weighted by atomic mass is 16.2. The zero-order valence-electron chi connectivity index (χ0n) is 12.7. The van der Waals surface area contributed by atoms with Crippen LogP contribution in [0.4, 0.5) is 5.82 Å². The van der Waals surface area contributed by atoms with Crippen LogP contribution in [0.15, 0.2) is 24.4 Å². The van der Waals surface area contributed by atoms with Crippen LogP contribution in [0.5, 0.6) is 0 Å². The van der Waals surface area contributed by atoms with Crippen LogP contribution in [0.3, 0.4) is 0 Å². The average Bonchev–Trinajstić information content (AvgIpc) is 2.91. The van der Waals surface area contributed by atoms with Gasteiger partial charge in [-0.05, 0) is 31.0 Å². The van der Waals surface area contributed by atoms with Crippen molar-refractivity contribution in [3.63, 3.8) is 0 Å². The Kier molecular flexibility index (Phi) is 4.52. The smallest absolute Gasteiger partial charge is 0.242 e. The molecule has 0 aliphatic heterocycles. The molecule has 1 unspecified atom stereocenters. The summed E-state index contributed by atoms with van der Waals surface area (Å²) in [5.41, 5.74) is 0.915. The van der Waals surface area contributed by atoms with E-state index in [1.54, 1.807) is 17.8 Å². The van der Waals surface area contributed by atoms with Crippen molar-refractivity contribution in [2.45, 2.75) is 26.8 Å². The maximum Gasteiger partial charge on any atom is 0.242 e. The Bertz CT molecular complexity index is 604. The maximum atomic E-state index is 11.8. The molecule has 0 aliphatic carbocycles. The summed E-state index contributed by atoms with van der Waals surface area (Å²) in [6.45, 7) is 5.86. The minimum Gasteiger partial charge on any atom is -0.357 e. The molecule has 2 N–H and O–H groups in total. The number of anilines is 1. The van der Waals surface area contributed by atoms with Crippen LogP contribution in [0, 0.1) is 12.8 Å². The summed E-state index contributed by atoms with van der Waals surface area (Å²) in [6, 6.07) is 5.15. The van der Waals surface area contributed by atoms with E-state index < -0.39 is 0 Å². The molecule has 2 rings (SSSR count). The first-order valence-corrected chi connectivity index (χ1v) is 6.85. The number of nitrogens with zero attached hydrogens (tertiary/aromatic N) is 4. The summed E-state index contributed by atoms with van der Waals surface area (Å²) in [7, 11) is 1.62. The number of aromatic nitrogens is 4. The summed E-state index contributed by atoms with van der Waals surface area (Å²) in [4.78, 5) is 11.8. The number of amides is 1. The van der Waals surface area contributed by atoms with Gasteiger partial charge in [0.2, 0.25) is 5.91 Å². The number of rotatable bonds is 5. The van der Waals surface area contributed by atoms with E-state index in [0.29, 0.717) is 11.6 Å². The van der Waals surface area contributed by atoms with Gasteiger partial charge in [0.05, 0.1) is 5.69 Å². The molecule has 2 aromatic rings. The van der Waals surface area contributed by atoms with Crippen LogP contribution in [-0.2, 0) is 4.79 Å². The summed E-state index contributed by atoms with van der Waals surface area (Å²) < 4.78 is 1.66. The fourth-order valence-corrected chi connectivity index (χ4v) is 1.92. The first kappa shape index (κ1) is 15.0. The molecule has 112 valence electrons. The monoisotopic (exact) mass is 288 g/mol. The quantitative estimate of drug-likeness (QED) is 0.862. The molecule has 7 heteroatoms. The third-order valence-electron chi connectivity index (χ3n) is 3.11. The largest absolute Gasteiger partial charge is 0.357 e. The Labute approximate surface area is 123 Å². The minimum atomic E-state index is -0.345. The number of hydrogen-bond donors (Lipinski definition) is 2. The van der Waals surface area contributed by atoms with Gasteiger partial charge in [0.15, 0.2) is 5.82 Å². The van der Waals surface area contributed by atoms with E-state index in [1.165, 1.54) is 0 Å². The molecule has 21 heavy (non-hydrogen) atoms. The van der Waals surface area contributed by atoms with Crippen molar-refractivity contribution in [3.8, 4) is 5.82 Å². The third-order valence-corrected chi connectivity index (χ3v) is 3.11. The second-order valence-electron chi connectivity index (χ2n) is 5.16. The molecule has 0 aliphatic rings. The summed E-state index contributed by atoms with van der Waals surface area (Å²) in [5, 5.41) is 18.2. The highest BCUT2D eigenvalue weighted by molar-refractivity contribution is 5.84. The van der Waals surface area contributed by atoms with Crippen LogP contribution in [0.2, 0.25) is 0 Å². The summed E-state index contributed by atoms with van der Waals surface area (Å²) in [6.07, 6.45) is 1.83. The fraction of sp³-hybridized carbons (Fsp3) is 0.429. The number of carbonyl (C=O) groups is 1. The van der Waals surface area contributed by atoms with Crippen molar-refractivity contribution in [1.29, 1.82) is 0 Å². The lowest BCUT2D eigenvalue weighted by atomic mass is 10.0. The van der Waals surface area contributed by atoms with Crippen molar-refractivity contribution in [2.24, 2.45) is 5.92 Å². The predicted octanol–water partition coefficient (Wildman–Crippen LogP) is 1.15. The van der Waals surface area contributed by atoms with Crippen LogP contribution >= 0.6 is 0 Å². The van der Waals surface area contributed by atoms with Gasteiger partial charge in [0.1, 0.15) is 11.9 Å². The van der Waals surface area contributed by atoms with Crippen molar-refractivity contribution in [1.82, 2.24) is 25.3 Å². The average molecular weight is 288 g/mol. The lowest BCUT2D eigenvalue weighted by molar-refractivity contribution is -0.122. The number of carbonyl (C=O) groups excluding carboxylic acids is 1. The second-order valence-corrected chi connectivity index (χ2v) is 5.16.